The fourth-order valence-electron chi connectivity index (χ4n) is 1.95. The van der Waals surface area contributed by atoms with Crippen LogP contribution >= 0.6 is 0 Å². The minimum Gasteiger partial charge on any atom is -0.463 e. The van der Waals surface area contributed by atoms with E-state index in [-0.39, 0.29) is 0 Å². The summed E-state index contributed by atoms with van der Waals surface area (Å²) in [6.45, 7) is 5.75. The van der Waals surface area contributed by atoms with Gasteiger partial charge in [0.05, 0.1) is 6.61 Å². The second kappa shape index (κ2) is 6.39. The van der Waals surface area contributed by atoms with Crippen molar-refractivity contribution in [2.45, 2.75) is 19.8 Å². The molecule has 94 valence electrons. The fraction of sp³-hybridized carbons (Fsp3) is 0.667. The first-order chi connectivity index (χ1) is 8.38. The quantitative estimate of drug-likeness (QED) is 0.806. The van der Waals surface area contributed by atoms with Crippen molar-refractivity contribution in [3.63, 3.8) is 0 Å². The second-order valence-electron chi connectivity index (χ2n) is 4.28. The molecule has 17 heavy (non-hydrogen) atoms. The van der Waals surface area contributed by atoms with Crippen molar-refractivity contribution >= 4 is 5.82 Å². The number of piperidine rings is 1. The lowest BCUT2D eigenvalue weighted by molar-refractivity contribution is 0.205. The van der Waals surface area contributed by atoms with Crippen LogP contribution in [0.2, 0.25) is 0 Å². The summed E-state index contributed by atoms with van der Waals surface area (Å²) in [5.41, 5.74) is 0. The molecule has 2 heterocycles. The number of hydrogen-bond donors (Lipinski definition) is 2. The van der Waals surface area contributed by atoms with Crippen LogP contribution in [-0.2, 0) is 0 Å². The molecule has 2 rings (SSSR count). The van der Waals surface area contributed by atoms with Gasteiger partial charge in [-0.25, -0.2) is 4.98 Å². The van der Waals surface area contributed by atoms with E-state index in [0.29, 0.717) is 18.5 Å². The van der Waals surface area contributed by atoms with Gasteiger partial charge in [0.25, 0.3) is 0 Å². The van der Waals surface area contributed by atoms with Gasteiger partial charge in [0, 0.05) is 25.2 Å². The predicted octanol–water partition coefficient (Wildman–Crippen LogP) is 1.29. The third-order valence-corrected chi connectivity index (χ3v) is 2.84. The van der Waals surface area contributed by atoms with E-state index in [1.54, 1.807) is 6.20 Å². The molecule has 1 aliphatic heterocycles. The molecule has 0 aliphatic carbocycles. The summed E-state index contributed by atoms with van der Waals surface area (Å²) in [6.07, 6.45) is 4.17. The molecular weight excluding hydrogens is 216 g/mol. The Morgan fingerprint density at radius 3 is 3.29 bits per heavy atom. The number of ether oxygens (including phenoxy) is 1. The van der Waals surface area contributed by atoms with E-state index in [4.69, 9.17) is 4.74 Å². The highest BCUT2D eigenvalue weighted by Gasteiger charge is 2.14. The van der Waals surface area contributed by atoms with Crippen LogP contribution in [0, 0.1) is 5.92 Å². The maximum absolute atomic E-state index is 5.63. The number of hydrogen-bond acceptors (Lipinski definition) is 5. The van der Waals surface area contributed by atoms with Gasteiger partial charge in [0.2, 0.25) is 0 Å². The number of nitrogens with one attached hydrogen (secondary N) is 2. The van der Waals surface area contributed by atoms with Crippen molar-refractivity contribution in [3.05, 3.63) is 12.3 Å². The Hall–Kier alpha value is -1.36. The number of anilines is 1. The Morgan fingerprint density at radius 2 is 2.53 bits per heavy atom. The summed E-state index contributed by atoms with van der Waals surface area (Å²) >= 11 is 0. The zero-order chi connectivity index (χ0) is 11.9. The highest BCUT2D eigenvalue weighted by atomic mass is 16.5. The smallest absolute Gasteiger partial charge is 0.318 e. The summed E-state index contributed by atoms with van der Waals surface area (Å²) in [5, 5.41) is 6.51. The van der Waals surface area contributed by atoms with Crippen molar-refractivity contribution in [2.24, 2.45) is 5.92 Å². The maximum atomic E-state index is 5.63. The van der Waals surface area contributed by atoms with Crippen molar-refractivity contribution in [3.8, 4) is 6.01 Å². The van der Waals surface area contributed by atoms with Crippen molar-refractivity contribution in [1.82, 2.24) is 15.3 Å². The Kier molecular flexibility index (Phi) is 4.55. The van der Waals surface area contributed by atoms with Crippen LogP contribution in [-0.4, -0.2) is 36.2 Å². The molecule has 0 spiro atoms. The van der Waals surface area contributed by atoms with Gasteiger partial charge < -0.3 is 15.4 Å². The molecule has 0 saturated carbocycles. The summed E-state index contributed by atoms with van der Waals surface area (Å²) in [4.78, 5) is 8.39. The summed E-state index contributed by atoms with van der Waals surface area (Å²) in [6, 6.07) is 2.31. The topological polar surface area (TPSA) is 59.1 Å². The van der Waals surface area contributed by atoms with Crippen LogP contribution in [0.1, 0.15) is 19.8 Å². The van der Waals surface area contributed by atoms with Gasteiger partial charge in [-0.15, -0.1) is 0 Å². The first kappa shape index (κ1) is 12.1. The molecular formula is C12H20N4O. The molecule has 1 aliphatic rings. The first-order valence-corrected chi connectivity index (χ1v) is 6.29. The molecule has 0 amide bonds. The maximum Gasteiger partial charge on any atom is 0.318 e. The lowest BCUT2D eigenvalue weighted by Gasteiger charge is -2.22. The van der Waals surface area contributed by atoms with Gasteiger partial charge in [0.15, 0.2) is 0 Å². The minimum absolute atomic E-state index is 0.467. The molecule has 2 N–H and O–H groups in total. The van der Waals surface area contributed by atoms with Crippen LogP contribution < -0.4 is 15.4 Å². The van der Waals surface area contributed by atoms with Crippen LogP contribution in [0.25, 0.3) is 0 Å². The average molecular weight is 236 g/mol. The van der Waals surface area contributed by atoms with Gasteiger partial charge >= 0.3 is 6.01 Å². The third-order valence-electron chi connectivity index (χ3n) is 2.84. The highest BCUT2D eigenvalue weighted by Crippen LogP contribution is 2.13. The van der Waals surface area contributed by atoms with E-state index in [9.17, 15) is 0 Å². The Balaban J connectivity index is 1.83. The Labute approximate surface area is 102 Å². The van der Waals surface area contributed by atoms with Gasteiger partial charge in [0.1, 0.15) is 5.82 Å². The minimum atomic E-state index is 0.467. The number of aromatic nitrogens is 2. The number of rotatable bonds is 5. The van der Waals surface area contributed by atoms with Crippen LogP contribution in [0.5, 0.6) is 6.01 Å². The van der Waals surface area contributed by atoms with Gasteiger partial charge in [-0.05, 0) is 32.4 Å². The van der Waals surface area contributed by atoms with E-state index < -0.39 is 0 Å². The molecule has 1 fully saturated rings. The lowest BCUT2D eigenvalue weighted by atomic mass is 10.0. The SMILES string of the molecule is CCNc1ccnc(OCC2CCCNC2)n1. The summed E-state index contributed by atoms with van der Waals surface area (Å²) < 4.78 is 5.63. The van der Waals surface area contributed by atoms with E-state index in [1.165, 1.54) is 12.8 Å². The van der Waals surface area contributed by atoms with Gasteiger partial charge in [-0.3, -0.25) is 0 Å². The molecule has 0 bridgehead atoms. The van der Waals surface area contributed by atoms with Crippen LogP contribution in [0.4, 0.5) is 5.82 Å². The highest BCUT2D eigenvalue weighted by molar-refractivity contribution is 5.33. The average Bonchev–Trinajstić information content (AvgIpc) is 2.39. The molecule has 5 nitrogen and oxygen atoms in total. The van der Waals surface area contributed by atoms with E-state index >= 15 is 0 Å². The molecule has 0 radical (unpaired) electrons. The van der Waals surface area contributed by atoms with E-state index in [2.05, 4.69) is 20.6 Å². The molecule has 1 atom stereocenters. The standard InChI is InChI=1S/C12H20N4O/c1-2-14-11-5-7-15-12(16-11)17-9-10-4-3-6-13-8-10/h5,7,10,13H,2-4,6,8-9H2,1H3,(H,14,15,16). The fourth-order valence-corrected chi connectivity index (χ4v) is 1.95. The lowest BCUT2D eigenvalue weighted by Crippen LogP contribution is -2.33. The normalized spacial score (nSPS) is 19.9. The monoisotopic (exact) mass is 236 g/mol. The first-order valence-electron chi connectivity index (χ1n) is 6.29. The molecule has 1 aromatic heterocycles. The summed E-state index contributed by atoms with van der Waals surface area (Å²) in [5.74, 6) is 1.40. The zero-order valence-electron chi connectivity index (χ0n) is 10.3. The Morgan fingerprint density at radius 1 is 1.59 bits per heavy atom. The molecule has 1 unspecified atom stereocenters. The van der Waals surface area contributed by atoms with Crippen molar-refractivity contribution < 1.29 is 4.74 Å². The van der Waals surface area contributed by atoms with E-state index in [0.717, 1.165) is 25.5 Å². The summed E-state index contributed by atoms with van der Waals surface area (Å²) in [7, 11) is 0. The van der Waals surface area contributed by atoms with Crippen LogP contribution in [0.3, 0.4) is 0 Å². The molecule has 0 aromatic carbocycles. The predicted molar refractivity (Wildman–Crippen MR) is 67.3 cm³/mol. The van der Waals surface area contributed by atoms with Gasteiger partial charge in [-0.1, -0.05) is 0 Å². The number of nitrogens with zero attached hydrogens (tertiary/aromatic N) is 2. The molecule has 1 saturated heterocycles. The molecule has 1 aromatic rings. The molecule has 5 heteroatoms. The van der Waals surface area contributed by atoms with Crippen LogP contribution in [0.15, 0.2) is 12.3 Å². The largest absolute Gasteiger partial charge is 0.463 e. The van der Waals surface area contributed by atoms with E-state index in [1.807, 2.05) is 13.0 Å². The Bertz CT molecular complexity index is 339. The van der Waals surface area contributed by atoms with Crippen molar-refractivity contribution in [1.29, 1.82) is 0 Å². The van der Waals surface area contributed by atoms with Crippen molar-refractivity contribution in [2.75, 3.05) is 31.6 Å². The third kappa shape index (κ3) is 3.85. The second-order valence-corrected chi connectivity index (χ2v) is 4.28. The van der Waals surface area contributed by atoms with Gasteiger partial charge in [-0.2, -0.15) is 4.98 Å². The zero-order valence-corrected chi connectivity index (χ0v) is 10.3.